The van der Waals surface area contributed by atoms with Gasteiger partial charge in [-0.1, -0.05) is 93.6 Å². The summed E-state index contributed by atoms with van der Waals surface area (Å²) in [6.07, 6.45) is -0.195. The number of aromatic amines is 1. The monoisotopic (exact) mass is 1090 g/mol. The van der Waals surface area contributed by atoms with E-state index >= 15 is 0 Å². The van der Waals surface area contributed by atoms with Crippen LogP contribution in [0.3, 0.4) is 0 Å². The molecule has 1 unspecified atom stereocenters. The van der Waals surface area contributed by atoms with Gasteiger partial charge in [0.2, 0.25) is 0 Å². The van der Waals surface area contributed by atoms with Gasteiger partial charge < -0.3 is 47.4 Å². The Bertz CT molecular complexity index is 3270. The van der Waals surface area contributed by atoms with Crippen molar-refractivity contribution in [1.29, 1.82) is 0 Å². The normalized spacial score (nSPS) is 20.9. The number of carbonyl (C=O) groups excluding carboxylic acids is 1. The maximum absolute atomic E-state index is 13.4. The van der Waals surface area contributed by atoms with Crippen LogP contribution in [0.15, 0.2) is 138 Å². The second kappa shape index (κ2) is 22.4. The third-order valence-corrected chi connectivity index (χ3v) is 20.4. The van der Waals surface area contributed by atoms with E-state index in [1.807, 2.05) is 84.9 Å². The van der Waals surface area contributed by atoms with E-state index in [-0.39, 0.29) is 42.0 Å². The first kappa shape index (κ1) is 54.6. The lowest BCUT2D eigenvalue weighted by molar-refractivity contribution is -0.0935. The van der Waals surface area contributed by atoms with Gasteiger partial charge in [-0.15, -0.1) is 0 Å². The van der Waals surface area contributed by atoms with Gasteiger partial charge in [-0.05, 0) is 90.0 Å². The largest absolute Gasteiger partial charge is 0.497 e. The maximum Gasteiger partial charge on any atom is 0.330 e. The number of aryl methyl sites for hydroxylation is 1. The molecule has 7 atom stereocenters. The number of imidazole rings is 1. The van der Waals surface area contributed by atoms with Crippen LogP contribution in [0.4, 0.5) is 5.82 Å². The highest BCUT2D eigenvalue weighted by molar-refractivity contribution is 8.07. The second-order valence-corrected chi connectivity index (χ2v) is 27.8. The molecule has 2 fully saturated rings. The van der Waals surface area contributed by atoms with E-state index in [0.29, 0.717) is 34.6 Å². The van der Waals surface area contributed by atoms with Gasteiger partial charge in [-0.2, -0.15) is 0 Å². The van der Waals surface area contributed by atoms with Crippen molar-refractivity contribution in [3.63, 3.8) is 0 Å². The fourth-order valence-corrected chi connectivity index (χ4v) is 12.0. The molecule has 19 nitrogen and oxygen atoms in total. The van der Waals surface area contributed by atoms with E-state index in [9.17, 15) is 19.3 Å². The Balaban J connectivity index is 1.00. The molecular weight excluding hydrogens is 1030 g/mol. The van der Waals surface area contributed by atoms with Crippen molar-refractivity contribution in [3.05, 3.63) is 177 Å². The zero-order chi connectivity index (χ0) is 54.0. The molecule has 7 aromatic rings. The SMILES string of the molecule is COc1ccc(C(OC[C@H]2O[C@@H](n3cc(C)c(=O)[nH]c3=O)C[C@@H]2OP(O)(=S)OC[C@H]2O[C@@H](n3cnc4c(NC(=O)c5ccccc5)ncnc43)C[C@@H]2O[Si](C)(C)C(C)(C)C)(c2ccccc2)c2ccc(OC)cc2)cc1. The number of H-pyrrole nitrogens is 1. The number of anilines is 1. The molecule has 2 saturated heterocycles. The number of hydrogen-bond donors (Lipinski definition) is 3. The van der Waals surface area contributed by atoms with E-state index in [1.165, 1.54) is 17.1 Å². The summed E-state index contributed by atoms with van der Waals surface area (Å²) in [5, 5.41) is 2.68. The third-order valence-electron chi connectivity index (χ3n) is 14.3. The van der Waals surface area contributed by atoms with Crippen molar-refractivity contribution < 1.29 is 46.8 Å². The van der Waals surface area contributed by atoms with Crippen LogP contribution in [0.25, 0.3) is 11.2 Å². The van der Waals surface area contributed by atoms with Gasteiger partial charge in [0.05, 0.1) is 46.0 Å². The number of benzene rings is 4. The lowest BCUT2D eigenvalue weighted by Crippen LogP contribution is -2.46. The number of ether oxygens (including phenoxy) is 5. The lowest BCUT2D eigenvalue weighted by Gasteiger charge is -2.39. The smallest absolute Gasteiger partial charge is 0.330 e. The summed E-state index contributed by atoms with van der Waals surface area (Å²) >= 11 is 5.82. The summed E-state index contributed by atoms with van der Waals surface area (Å²) in [7, 11) is 0.744. The van der Waals surface area contributed by atoms with Crippen LogP contribution in [0.5, 0.6) is 11.5 Å². The first-order chi connectivity index (χ1) is 36.3. The summed E-state index contributed by atoms with van der Waals surface area (Å²) in [5.74, 6) is 1.17. The highest BCUT2D eigenvalue weighted by atomic mass is 32.5. The van der Waals surface area contributed by atoms with Gasteiger partial charge in [0, 0.05) is 30.2 Å². The quantitative estimate of drug-likeness (QED) is 0.0392. The molecule has 0 aliphatic carbocycles. The average molecular weight is 1090 g/mol. The zero-order valence-electron chi connectivity index (χ0n) is 43.4. The van der Waals surface area contributed by atoms with E-state index in [2.05, 4.69) is 59.1 Å². The number of fused-ring (bicyclic) bond motifs is 1. The fourth-order valence-electron chi connectivity index (χ4n) is 9.21. The topological polar surface area (TPSA) is 222 Å². The Morgan fingerprint density at radius 1 is 0.803 bits per heavy atom. The molecule has 2 aliphatic heterocycles. The molecule has 1 amide bonds. The van der Waals surface area contributed by atoms with E-state index < -0.39 is 68.8 Å². The van der Waals surface area contributed by atoms with E-state index in [0.717, 1.165) is 16.7 Å². The highest BCUT2D eigenvalue weighted by Crippen LogP contribution is 2.51. The molecule has 0 bridgehead atoms. The van der Waals surface area contributed by atoms with Gasteiger partial charge in [0.25, 0.3) is 11.5 Å². The maximum atomic E-state index is 13.4. The minimum absolute atomic E-state index is 0.00754. The predicted octanol–water partition coefficient (Wildman–Crippen LogP) is 8.55. The van der Waals surface area contributed by atoms with Crippen LogP contribution in [-0.4, -0.2) is 100 Å². The molecule has 76 heavy (non-hydrogen) atoms. The van der Waals surface area contributed by atoms with E-state index in [4.69, 9.17) is 49.0 Å². The molecule has 0 saturated carbocycles. The third kappa shape index (κ3) is 11.5. The molecule has 3 N–H and O–H groups in total. The molecule has 4 aromatic carbocycles. The van der Waals surface area contributed by atoms with Gasteiger partial charge in [0.1, 0.15) is 48.1 Å². The molecule has 0 radical (unpaired) electrons. The van der Waals surface area contributed by atoms with Crippen LogP contribution in [0.2, 0.25) is 18.1 Å². The Morgan fingerprint density at radius 3 is 1.97 bits per heavy atom. The van der Waals surface area contributed by atoms with Gasteiger partial charge in [-0.3, -0.25) is 23.7 Å². The lowest BCUT2D eigenvalue weighted by atomic mass is 9.80. The number of nitrogens with zero attached hydrogens (tertiary/aromatic N) is 5. The first-order valence-corrected chi connectivity index (χ1v) is 30.3. The highest BCUT2D eigenvalue weighted by Gasteiger charge is 2.48. The van der Waals surface area contributed by atoms with Gasteiger partial charge in [0.15, 0.2) is 25.3 Å². The van der Waals surface area contributed by atoms with Crippen LogP contribution in [0, 0.1) is 6.92 Å². The van der Waals surface area contributed by atoms with Crippen molar-refractivity contribution in [2.45, 2.75) is 101 Å². The van der Waals surface area contributed by atoms with Gasteiger partial charge in [-0.25, -0.2) is 19.7 Å². The number of aromatic nitrogens is 6. The predicted molar refractivity (Wildman–Crippen MR) is 290 cm³/mol. The van der Waals surface area contributed by atoms with Crippen molar-refractivity contribution in [2.75, 3.05) is 32.8 Å². The fraction of sp³-hybridized carbons (Fsp3) is 0.370. The van der Waals surface area contributed by atoms with E-state index in [1.54, 1.807) is 56.3 Å². The molecule has 22 heteroatoms. The number of amides is 1. The molecule has 2 aliphatic rings. The Hall–Kier alpha value is -6.23. The number of carbonyl (C=O) groups is 1. The van der Waals surface area contributed by atoms with Crippen molar-refractivity contribution >= 4 is 49.7 Å². The van der Waals surface area contributed by atoms with Crippen molar-refractivity contribution in [1.82, 2.24) is 29.1 Å². The van der Waals surface area contributed by atoms with Crippen molar-refractivity contribution in [2.24, 2.45) is 0 Å². The summed E-state index contributed by atoms with van der Waals surface area (Å²) in [6.45, 7) is 7.72. The Kier molecular flexibility index (Phi) is 16.1. The number of hydrogen-bond acceptors (Lipinski definition) is 15. The zero-order valence-corrected chi connectivity index (χ0v) is 46.2. The molecule has 400 valence electrons. The number of nitrogens with one attached hydrogen (secondary N) is 2. The minimum Gasteiger partial charge on any atom is -0.497 e. The summed E-state index contributed by atoms with van der Waals surface area (Å²) in [4.78, 5) is 67.0. The summed E-state index contributed by atoms with van der Waals surface area (Å²) < 4.78 is 54.5. The Labute approximate surface area is 445 Å². The first-order valence-electron chi connectivity index (χ1n) is 24.8. The number of rotatable bonds is 19. The molecule has 5 heterocycles. The summed E-state index contributed by atoms with van der Waals surface area (Å²) in [5.41, 5.74) is 1.34. The average Bonchev–Trinajstić information content (AvgIpc) is 4.16. The van der Waals surface area contributed by atoms with Crippen LogP contribution in [0.1, 0.15) is 78.7 Å². The van der Waals surface area contributed by atoms with Crippen molar-refractivity contribution in [3.8, 4) is 11.5 Å². The molecule has 3 aromatic heterocycles. The van der Waals surface area contributed by atoms with Gasteiger partial charge >= 0.3 is 12.4 Å². The van der Waals surface area contributed by atoms with Crippen LogP contribution in [-0.2, 0) is 45.1 Å². The summed E-state index contributed by atoms with van der Waals surface area (Å²) in [6, 6.07) is 33.6. The van der Waals surface area contributed by atoms with Crippen LogP contribution < -0.4 is 26.0 Å². The molecule has 0 spiro atoms. The second-order valence-electron chi connectivity index (χ2n) is 20.2. The molecule has 9 rings (SSSR count). The number of methoxy groups -OCH3 is 2. The molecular formula is C54H62N7O12PSSi. The van der Waals surface area contributed by atoms with Crippen LogP contribution >= 0.6 is 6.72 Å². The minimum atomic E-state index is -4.19. The Morgan fingerprint density at radius 2 is 1.37 bits per heavy atom. The standard InChI is InChI=1S/C54H62N7O12PSSi/c1-34-29-60(52(64)59-50(34)62)45-27-41(43(70-45)30-68-54(36-17-13-10-14-18-36,37-19-23-39(66-5)24-20-37)38-21-25-40(67-6)26-22-38)72-74(65,75)69-31-44-42(73-76(7,8)53(2,3)4)28-46(71-44)61-33-57-47-48(55-32-56-49(47)61)58-51(63)35-15-11-9-12-16-35/h9-26,29,32-33,41-46H,27-28,30-31H2,1-8H3,(H,65,75)(H,59,62,64)(H,55,56,58,63)/t41-,42-,43+,44+,45+,46+,74?/m0/s1.